The summed E-state index contributed by atoms with van der Waals surface area (Å²) in [6.07, 6.45) is 3.80. The van der Waals surface area contributed by atoms with Crippen LogP contribution in [0.2, 0.25) is 0 Å². The topological polar surface area (TPSA) is 56.0 Å². The molecule has 0 atom stereocenters. The molecule has 1 aromatic carbocycles. The van der Waals surface area contributed by atoms with E-state index >= 15 is 0 Å². The predicted molar refractivity (Wildman–Crippen MR) is 84.5 cm³/mol. The van der Waals surface area contributed by atoms with Crippen LogP contribution in [0.3, 0.4) is 0 Å². The molecule has 0 spiro atoms. The molecular formula is C16H17BrN2O. The maximum Gasteiger partial charge on any atom is 0.147 e. The summed E-state index contributed by atoms with van der Waals surface area (Å²) in [6.45, 7) is 3.87. The van der Waals surface area contributed by atoms with E-state index in [0.717, 1.165) is 15.6 Å². The van der Waals surface area contributed by atoms with E-state index in [2.05, 4.69) is 20.9 Å². The van der Waals surface area contributed by atoms with Gasteiger partial charge in [-0.25, -0.2) is 0 Å². The number of ketones is 1. The minimum absolute atomic E-state index is 0.155. The quantitative estimate of drug-likeness (QED) is 0.871. The first kappa shape index (κ1) is 14.7. The number of Topliss-reactive ketones (excluding diaryl/α,β-unsaturated/α-hetero) is 1. The first-order valence-electron chi connectivity index (χ1n) is 6.38. The van der Waals surface area contributed by atoms with E-state index in [1.54, 1.807) is 12.4 Å². The lowest BCUT2D eigenvalue weighted by Gasteiger charge is -2.24. The highest BCUT2D eigenvalue weighted by atomic mass is 79.9. The Kier molecular flexibility index (Phi) is 4.23. The van der Waals surface area contributed by atoms with E-state index < -0.39 is 5.41 Å². The molecule has 0 bridgehead atoms. The van der Waals surface area contributed by atoms with Crippen LogP contribution in [0.4, 0.5) is 5.69 Å². The van der Waals surface area contributed by atoms with Gasteiger partial charge in [0.25, 0.3) is 0 Å². The summed E-state index contributed by atoms with van der Waals surface area (Å²) in [4.78, 5) is 16.6. The first-order valence-corrected chi connectivity index (χ1v) is 7.17. The third-order valence-corrected chi connectivity index (χ3v) is 3.89. The van der Waals surface area contributed by atoms with Gasteiger partial charge in [-0.2, -0.15) is 0 Å². The van der Waals surface area contributed by atoms with E-state index in [1.807, 2.05) is 44.2 Å². The van der Waals surface area contributed by atoms with Gasteiger partial charge in [0.15, 0.2) is 0 Å². The second-order valence-electron chi connectivity index (χ2n) is 5.36. The van der Waals surface area contributed by atoms with Gasteiger partial charge in [0.05, 0.1) is 0 Å². The van der Waals surface area contributed by atoms with Crippen molar-refractivity contribution in [3.63, 3.8) is 0 Å². The second kappa shape index (κ2) is 5.75. The molecule has 0 saturated heterocycles. The molecule has 0 unspecified atom stereocenters. The molecule has 0 aliphatic carbocycles. The predicted octanol–water partition coefficient (Wildman–Crippen LogP) is 3.52. The number of aromatic nitrogens is 1. The first-order chi connectivity index (χ1) is 9.39. The number of rotatable bonds is 4. The summed E-state index contributed by atoms with van der Waals surface area (Å²) < 4.78 is 0.882. The highest BCUT2D eigenvalue weighted by molar-refractivity contribution is 9.10. The van der Waals surface area contributed by atoms with Gasteiger partial charge in [-0.3, -0.25) is 9.78 Å². The van der Waals surface area contributed by atoms with E-state index in [1.165, 1.54) is 0 Å². The number of carbonyl (C=O) groups excluding carboxylic acids is 1. The number of hydrogen-bond donors (Lipinski definition) is 1. The van der Waals surface area contributed by atoms with Gasteiger partial charge in [-0.15, -0.1) is 0 Å². The Hall–Kier alpha value is -1.68. The highest BCUT2D eigenvalue weighted by Crippen LogP contribution is 2.26. The molecule has 0 radical (unpaired) electrons. The number of nitrogens with zero attached hydrogens (tertiary/aromatic N) is 1. The van der Waals surface area contributed by atoms with Gasteiger partial charge in [0.1, 0.15) is 5.78 Å². The molecule has 0 aliphatic rings. The Morgan fingerprint density at radius 2 is 1.90 bits per heavy atom. The van der Waals surface area contributed by atoms with Crippen molar-refractivity contribution in [2.24, 2.45) is 0 Å². The van der Waals surface area contributed by atoms with Crippen molar-refractivity contribution in [2.75, 3.05) is 5.73 Å². The largest absolute Gasteiger partial charge is 0.399 e. The molecule has 1 heterocycles. The summed E-state index contributed by atoms with van der Waals surface area (Å²) in [5, 5.41) is 0. The molecule has 3 nitrogen and oxygen atoms in total. The highest BCUT2D eigenvalue weighted by Gasteiger charge is 2.29. The molecule has 2 rings (SSSR count). The van der Waals surface area contributed by atoms with Gasteiger partial charge in [-0.05, 0) is 59.1 Å². The lowest BCUT2D eigenvalue weighted by atomic mass is 9.78. The third kappa shape index (κ3) is 3.25. The van der Waals surface area contributed by atoms with Crippen molar-refractivity contribution in [1.29, 1.82) is 0 Å². The van der Waals surface area contributed by atoms with Gasteiger partial charge < -0.3 is 5.73 Å². The molecule has 0 aliphatic heterocycles. The molecule has 2 aromatic rings. The van der Waals surface area contributed by atoms with Gasteiger partial charge in [0, 0.05) is 34.4 Å². The molecule has 0 amide bonds. The number of anilines is 1. The summed E-state index contributed by atoms with van der Waals surface area (Å²) >= 11 is 3.37. The zero-order chi connectivity index (χ0) is 14.8. The summed E-state index contributed by atoms with van der Waals surface area (Å²) in [6, 6.07) is 9.39. The van der Waals surface area contributed by atoms with Crippen molar-refractivity contribution >= 4 is 27.4 Å². The van der Waals surface area contributed by atoms with Crippen LogP contribution in [0, 0.1) is 0 Å². The minimum Gasteiger partial charge on any atom is -0.399 e. The molecule has 0 saturated carbocycles. The number of hydrogen-bond acceptors (Lipinski definition) is 3. The lowest BCUT2D eigenvalue weighted by Crippen LogP contribution is -2.30. The van der Waals surface area contributed by atoms with Crippen molar-refractivity contribution in [3.8, 4) is 0 Å². The van der Waals surface area contributed by atoms with Crippen molar-refractivity contribution in [1.82, 2.24) is 4.98 Å². The maximum absolute atomic E-state index is 12.6. The van der Waals surface area contributed by atoms with Gasteiger partial charge in [-0.1, -0.05) is 12.1 Å². The zero-order valence-corrected chi connectivity index (χ0v) is 13.1. The fourth-order valence-electron chi connectivity index (χ4n) is 2.02. The SMILES string of the molecule is CC(C)(C(=O)Cc1cncc(Br)c1)c1ccc(N)cc1. The number of pyridine rings is 1. The Morgan fingerprint density at radius 3 is 2.50 bits per heavy atom. The van der Waals surface area contributed by atoms with E-state index in [-0.39, 0.29) is 5.78 Å². The average Bonchev–Trinajstić information content (AvgIpc) is 2.39. The fourth-order valence-corrected chi connectivity index (χ4v) is 2.43. The van der Waals surface area contributed by atoms with E-state index in [4.69, 9.17) is 5.73 Å². The van der Waals surface area contributed by atoms with Crippen LogP contribution >= 0.6 is 15.9 Å². The number of carbonyl (C=O) groups is 1. The summed E-state index contributed by atoms with van der Waals surface area (Å²) in [5.41, 5.74) is 7.73. The Balaban J connectivity index is 2.21. The van der Waals surface area contributed by atoms with Crippen molar-refractivity contribution in [2.45, 2.75) is 25.7 Å². The van der Waals surface area contributed by atoms with Crippen molar-refractivity contribution in [3.05, 3.63) is 58.3 Å². The molecule has 1 aromatic heterocycles. The fraction of sp³-hybridized carbons (Fsp3) is 0.250. The lowest BCUT2D eigenvalue weighted by molar-refractivity contribution is -0.122. The monoisotopic (exact) mass is 332 g/mol. The molecule has 20 heavy (non-hydrogen) atoms. The summed E-state index contributed by atoms with van der Waals surface area (Å²) in [7, 11) is 0. The smallest absolute Gasteiger partial charge is 0.147 e. The van der Waals surface area contributed by atoms with Crippen LogP contribution in [-0.4, -0.2) is 10.8 Å². The zero-order valence-electron chi connectivity index (χ0n) is 11.6. The van der Waals surface area contributed by atoms with E-state index in [0.29, 0.717) is 12.1 Å². The normalized spacial score (nSPS) is 11.3. The Bertz CT molecular complexity index is 621. The van der Waals surface area contributed by atoms with Gasteiger partial charge in [0.2, 0.25) is 0 Å². The maximum atomic E-state index is 12.6. The number of nitrogens with two attached hydrogens (primary N) is 1. The van der Waals surface area contributed by atoms with Gasteiger partial charge >= 0.3 is 0 Å². The molecule has 2 N–H and O–H groups in total. The average molecular weight is 333 g/mol. The van der Waals surface area contributed by atoms with E-state index in [9.17, 15) is 4.79 Å². The van der Waals surface area contributed by atoms with Crippen LogP contribution in [-0.2, 0) is 16.6 Å². The molecular weight excluding hydrogens is 316 g/mol. The second-order valence-corrected chi connectivity index (χ2v) is 6.27. The molecule has 104 valence electrons. The Morgan fingerprint density at radius 1 is 1.25 bits per heavy atom. The van der Waals surface area contributed by atoms with Crippen LogP contribution < -0.4 is 5.73 Å². The van der Waals surface area contributed by atoms with Crippen LogP contribution in [0.15, 0.2) is 47.2 Å². The van der Waals surface area contributed by atoms with Crippen LogP contribution in [0.1, 0.15) is 25.0 Å². The minimum atomic E-state index is -0.546. The number of halogens is 1. The molecule has 4 heteroatoms. The third-order valence-electron chi connectivity index (χ3n) is 3.46. The standard InChI is InChI=1S/C16H17BrN2O/c1-16(2,12-3-5-14(18)6-4-12)15(20)8-11-7-13(17)10-19-9-11/h3-7,9-10H,8,18H2,1-2H3. The summed E-state index contributed by atoms with van der Waals surface area (Å²) in [5.74, 6) is 0.155. The number of nitrogen functional groups attached to an aromatic ring is 1. The van der Waals surface area contributed by atoms with Crippen LogP contribution in [0.5, 0.6) is 0 Å². The Labute approximate surface area is 127 Å². The van der Waals surface area contributed by atoms with Crippen molar-refractivity contribution < 1.29 is 4.79 Å². The number of benzene rings is 1. The molecule has 0 fully saturated rings. The van der Waals surface area contributed by atoms with Crippen LogP contribution in [0.25, 0.3) is 0 Å².